The van der Waals surface area contributed by atoms with Gasteiger partial charge in [0.05, 0.1) is 0 Å². The van der Waals surface area contributed by atoms with E-state index in [4.69, 9.17) is 5.73 Å². The molecular formula is C13H26N2S. The molecule has 3 unspecified atom stereocenters. The summed E-state index contributed by atoms with van der Waals surface area (Å²) in [7, 11) is 0. The van der Waals surface area contributed by atoms with E-state index in [1.165, 1.54) is 30.9 Å². The third-order valence-corrected chi connectivity index (χ3v) is 6.03. The topological polar surface area (TPSA) is 38.0 Å². The first-order valence-electron chi connectivity index (χ1n) is 6.54. The summed E-state index contributed by atoms with van der Waals surface area (Å²) in [6.45, 7) is 9.05. The van der Waals surface area contributed by atoms with Crippen molar-refractivity contribution in [3.05, 3.63) is 0 Å². The summed E-state index contributed by atoms with van der Waals surface area (Å²) in [4.78, 5) is 0. The molecule has 2 aliphatic rings. The summed E-state index contributed by atoms with van der Waals surface area (Å²) in [6, 6.07) is 0. The van der Waals surface area contributed by atoms with E-state index < -0.39 is 0 Å². The standard InChI is InChI=1S/C13H26N2S/c1-10-6-11(10)7-15-13(8-14)9-16-5-4-12(13,2)3/h10-11,15H,4-9,14H2,1-3H3. The zero-order valence-electron chi connectivity index (χ0n) is 10.9. The summed E-state index contributed by atoms with van der Waals surface area (Å²) in [5.74, 6) is 4.31. The van der Waals surface area contributed by atoms with Crippen molar-refractivity contribution in [3.63, 3.8) is 0 Å². The van der Waals surface area contributed by atoms with Crippen molar-refractivity contribution in [2.75, 3.05) is 24.6 Å². The van der Waals surface area contributed by atoms with Crippen molar-refractivity contribution in [1.29, 1.82) is 0 Å². The predicted octanol–water partition coefficient (Wildman–Crippen LogP) is 2.09. The van der Waals surface area contributed by atoms with E-state index in [1.54, 1.807) is 0 Å². The van der Waals surface area contributed by atoms with Crippen molar-refractivity contribution in [2.45, 2.75) is 39.2 Å². The quantitative estimate of drug-likeness (QED) is 0.793. The smallest absolute Gasteiger partial charge is 0.0447 e. The Morgan fingerprint density at radius 1 is 1.44 bits per heavy atom. The Bertz CT molecular complexity index is 254. The van der Waals surface area contributed by atoms with Crippen molar-refractivity contribution in [3.8, 4) is 0 Å². The second-order valence-electron chi connectivity index (χ2n) is 6.33. The van der Waals surface area contributed by atoms with E-state index in [1.807, 2.05) is 0 Å². The van der Waals surface area contributed by atoms with Crippen LogP contribution >= 0.6 is 11.8 Å². The van der Waals surface area contributed by atoms with Gasteiger partial charge in [-0.15, -0.1) is 0 Å². The molecule has 0 spiro atoms. The fraction of sp³-hybridized carbons (Fsp3) is 1.00. The largest absolute Gasteiger partial charge is 0.329 e. The van der Waals surface area contributed by atoms with Gasteiger partial charge in [-0.3, -0.25) is 0 Å². The molecular weight excluding hydrogens is 216 g/mol. The average Bonchev–Trinajstić information content (AvgIpc) is 2.93. The van der Waals surface area contributed by atoms with Crippen LogP contribution in [-0.4, -0.2) is 30.1 Å². The van der Waals surface area contributed by atoms with E-state index in [9.17, 15) is 0 Å². The monoisotopic (exact) mass is 242 g/mol. The summed E-state index contributed by atoms with van der Waals surface area (Å²) >= 11 is 2.06. The second-order valence-corrected chi connectivity index (χ2v) is 7.43. The molecule has 16 heavy (non-hydrogen) atoms. The van der Waals surface area contributed by atoms with Gasteiger partial charge >= 0.3 is 0 Å². The molecule has 3 atom stereocenters. The van der Waals surface area contributed by atoms with E-state index in [0.29, 0.717) is 5.41 Å². The third kappa shape index (κ3) is 2.27. The second kappa shape index (κ2) is 4.51. The molecule has 1 saturated heterocycles. The van der Waals surface area contributed by atoms with Crippen LogP contribution in [0.2, 0.25) is 0 Å². The van der Waals surface area contributed by atoms with E-state index in [-0.39, 0.29) is 5.54 Å². The van der Waals surface area contributed by atoms with Crippen LogP contribution in [0.25, 0.3) is 0 Å². The molecule has 3 N–H and O–H groups in total. The molecule has 3 heteroatoms. The summed E-state index contributed by atoms with van der Waals surface area (Å²) in [6.07, 6.45) is 2.68. The van der Waals surface area contributed by atoms with Crippen molar-refractivity contribution >= 4 is 11.8 Å². The zero-order chi connectivity index (χ0) is 11.8. The molecule has 0 amide bonds. The average molecular weight is 242 g/mol. The number of rotatable bonds is 4. The summed E-state index contributed by atoms with van der Waals surface area (Å²) < 4.78 is 0. The molecule has 1 aliphatic heterocycles. The van der Waals surface area contributed by atoms with Gasteiger partial charge in [-0.05, 0) is 42.4 Å². The number of nitrogens with one attached hydrogen (secondary N) is 1. The summed E-state index contributed by atoms with van der Waals surface area (Å²) in [5.41, 5.74) is 6.58. The van der Waals surface area contributed by atoms with Crippen LogP contribution in [0.4, 0.5) is 0 Å². The van der Waals surface area contributed by atoms with E-state index in [2.05, 4.69) is 37.8 Å². The third-order valence-electron chi connectivity index (χ3n) is 4.84. The molecule has 1 aliphatic carbocycles. The molecule has 0 radical (unpaired) electrons. The molecule has 94 valence electrons. The molecule has 2 rings (SSSR count). The lowest BCUT2D eigenvalue weighted by Gasteiger charge is -2.50. The Labute approximate surface area is 104 Å². The van der Waals surface area contributed by atoms with Crippen LogP contribution in [0.1, 0.15) is 33.6 Å². The van der Waals surface area contributed by atoms with Gasteiger partial charge in [0.1, 0.15) is 0 Å². The van der Waals surface area contributed by atoms with Gasteiger partial charge in [0, 0.05) is 17.8 Å². The molecule has 0 aromatic rings. The van der Waals surface area contributed by atoms with E-state index >= 15 is 0 Å². The number of hydrogen-bond acceptors (Lipinski definition) is 3. The highest BCUT2D eigenvalue weighted by Crippen LogP contribution is 2.43. The van der Waals surface area contributed by atoms with Gasteiger partial charge in [-0.1, -0.05) is 20.8 Å². The molecule has 2 fully saturated rings. The minimum absolute atomic E-state index is 0.165. The van der Waals surface area contributed by atoms with Gasteiger partial charge in [0.25, 0.3) is 0 Å². The maximum atomic E-state index is 6.08. The lowest BCUT2D eigenvalue weighted by molar-refractivity contribution is 0.135. The normalized spacial score (nSPS) is 42.0. The Morgan fingerprint density at radius 3 is 2.62 bits per heavy atom. The van der Waals surface area contributed by atoms with Crippen LogP contribution in [0, 0.1) is 17.3 Å². The zero-order valence-corrected chi connectivity index (χ0v) is 11.7. The van der Waals surface area contributed by atoms with Crippen LogP contribution < -0.4 is 11.1 Å². The van der Waals surface area contributed by atoms with Gasteiger partial charge in [-0.2, -0.15) is 11.8 Å². The van der Waals surface area contributed by atoms with E-state index in [0.717, 1.165) is 18.4 Å². The first-order valence-corrected chi connectivity index (χ1v) is 7.69. The van der Waals surface area contributed by atoms with Crippen molar-refractivity contribution in [2.24, 2.45) is 23.0 Å². The maximum absolute atomic E-state index is 6.08. The molecule has 1 saturated carbocycles. The highest BCUT2D eigenvalue weighted by Gasteiger charge is 2.46. The molecule has 1 heterocycles. The number of hydrogen-bond donors (Lipinski definition) is 2. The van der Waals surface area contributed by atoms with Crippen molar-refractivity contribution < 1.29 is 0 Å². The SMILES string of the molecule is CC1CC1CNC1(CN)CSCCC1(C)C. The first kappa shape index (κ1) is 12.7. The molecule has 0 aromatic heterocycles. The highest BCUT2D eigenvalue weighted by molar-refractivity contribution is 7.99. The Morgan fingerprint density at radius 2 is 2.12 bits per heavy atom. The molecule has 0 bridgehead atoms. The van der Waals surface area contributed by atoms with Gasteiger partial charge in [0.2, 0.25) is 0 Å². The fourth-order valence-corrected chi connectivity index (χ4v) is 4.47. The predicted molar refractivity (Wildman–Crippen MR) is 72.8 cm³/mol. The van der Waals surface area contributed by atoms with Gasteiger partial charge in [0.15, 0.2) is 0 Å². The maximum Gasteiger partial charge on any atom is 0.0447 e. The van der Waals surface area contributed by atoms with Crippen LogP contribution in [0.5, 0.6) is 0 Å². The molecule has 0 aromatic carbocycles. The first-order chi connectivity index (χ1) is 7.51. The highest BCUT2D eigenvalue weighted by atomic mass is 32.2. The molecule has 2 nitrogen and oxygen atoms in total. The fourth-order valence-electron chi connectivity index (χ4n) is 2.72. The van der Waals surface area contributed by atoms with Crippen LogP contribution in [0.3, 0.4) is 0 Å². The van der Waals surface area contributed by atoms with Gasteiger partial charge in [-0.25, -0.2) is 0 Å². The lowest BCUT2D eigenvalue weighted by Crippen LogP contribution is -2.64. The Hall–Kier alpha value is 0.270. The van der Waals surface area contributed by atoms with Gasteiger partial charge < -0.3 is 11.1 Å². The lowest BCUT2D eigenvalue weighted by atomic mass is 9.70. The van der Waals surface area contributed by atoms with Crippen molar-refractivity contribution in [1.82, 2.24) is 5.32 Å². The Balaban J connectivity index is 1.98. The minimum atomic E-state index is 0.165. The number of thioether (sulfide) groups is 1. The van der Waals surface area contributed by atoms with Crippen LogP contribution in [-0.2, 0) is 0 Å². The summed E-state index contributed by atoms with van der Waals surface area (Å²) in [5, 5.41) is 3.82. The number of nitrogens with two attached hydrogens (primary N) is 1. The Kier molecular flexibility index (Phi) is 3.58. The van der Waals surface area contributed by atoms with Crippen LogP contribution in [0.15, 0.2) is 0 Å². The minimum Gasteiger partial charge on any atom is -0.329 e.